The molecule has 64 valence electrons. The molecule has 0 radical (unpaired) electrons. The van der Waals surface area contributed by atoms with Crippen LogP contribution in [0.4, 0.5) is 0 Å². The molecule has 0 bridgehead atoms. The summed E-state index contributed by atoms with van der Waals surface area (Å²) in [5, 5.41) is 8.88. The van der Waals surface area contributed by atoms with E-state index in [9.17, 15) is 0 Å². The van der Waals surface area contributed by atoms with Crippen LogP contribution in [0.5, 0.6) is 0 Å². The van der Waals surface area contributed by atoms with E-state index in [0.717, 1.165) is 17.7 Å². The summed E-state index contributed by atoms with van der Waals surface area (Å²) in [5.41, 5.74) is 2.73. The molecule has 0 unspecified atom stereocenters. The number of pyridine rings is 1. The van der Waals surface area contributed by atoms with Gasteiger partial charge >= 0.3 is 0 Å². The van der Waals surface area contributed by atoms with Gasteiger partial charge in [0, 0.05) is 5.69 Å². The van der Waals surface area contributed by atoms with Crippen molar-refractivity contribution >= 4 is 6.08 Å². The molecule has 1 N–H and O–H groups in total. The second kappa shape index (κ2) is 4.02. The molecule has 0 aliphatic heterocycles. The minimum absolute atomic E-state index is 0.00528. The van der Waals surface area contributed by atoms with Crippen molar-refractivity contribution in [3.05, 3.63) is 35.7 Å². The highest BCUT2D eigenvalue weighted by molar-refractivity contribution is 5.47. The van der Waals surface area contributed by atoms with Gasteiger partial charge in [0.25, 0.3) is 0 Å². The molecule has 1 aromatic rings. The van der Waals surface area contributed by atoms with Crippen molar-refractivity contribution in [2.75, 3.05) is 0 Å². The summed E-state index contributed by atoms with van der Waals surface area (Å²) in [4.78, 5) is 4.22. The first-order valence-corrected chi connectivity index (χ1v) is 4.03. The van der Waals surface area contributed by atoms with Crippen molar-refractivity contribution in [3.63, 3.8) is 0 Å². The van der Waals surface area contributed by atoms with Crippen LogP contribution in [0.15, 0.2) is 18.7 Å². The Hall–Kier alpha value is -1.15. The molecule has 1 aromatic heterocycles. The van der Waals surface area contributed by atoms with Crippen LogP contribution < -0.4 is 0 Å². The molecule has 0 aromatic carbocycles. The minimum Gasteiger partial charge on any atom is -0.390 e. The van der Waals surface area contributed by atoms with E-state index in [1.807, 2.05) is 19.1 Å². The zero-order chi connectivity index (χ0) is 8.97. The fraction of sp³-hybridized carbons (Fsp3) is 0.300. The fourth-order valence-electron chi connectivity index (χ4n) is 1.06. The van der Waals surface area contributed by atoms with Crippen LogP contribution in [-0.4, -0.2) is 10.1 Å². The number of aromatic nitrogens is 1. The van der Waals surface area contributed by atoms with Crippen LogP contribution in [0, 0.1) is 0 Å². The zero-order valence-electron chi connectivity index (χ0n) is 7.25. The van der Waals surface area contributed by atoms with Gasteiger partial charge in [-0.15, -0.1) is 0 Å². The number of hydrogen-bond acceptors (Lipinski definition) is 2. The lowest BCUT2D eigenvalue weighted by atomic mass is 10.1. The molecule has 0 saturated carbocycles. The van der Waals surface area contributed by atoms with Gasteiger partial charge in [0.1, 0.15) is 0 Å². The largest absolute Gasteiger partial charge is 0.390 e. The van der Waals surface area contributed by atoms with E-state index < -0.39 is 0 Å². The van der Waals surface area contributed by atoms with E-state index in [4.69, 9.17) is 5.11 Å². The predicted molar refractivity (Wildman–Crippen MR) is 49.6 cm³/mol. The molecule has 1 rings (SSSR count). The summed E-state index contributed by atoms with van der Waals surface area (Å²) >= 11 is 0. The van der Waals surface area contributed by atoms with E-state index >= 15 is 0 Å². The Morgan fingerprint density at radius 2 is 2.17 bits per heavy atom. The Kier molecular flexibility index (Phi) is 3.00. The first-order valence-electron chi connectivity index (χ1n) is 4.03. The van der Waals surface area contributed by atoms with Gasteiger partial charge in [-0.05, 0) is 24.1 Å². The van der Waals surface area contributed by atoms with E-state index in [0.29, 0.717) is 5.69 Å². The van der Waals surface area contributed by atoms with Gasteiger partial charge in [0.15, 0.2) is 0 Å². The van der Waals surface area contributed by atoms with Gasteiger partial charge in [-0.1, -0.05) is 19.6 Å². The third-order valence-corrected chi connectivity index (χ3v) is 1.71. The Morgan fingerprint density at radius 3 is 2.67 bits per heavy atom. The molecule has 0 saturated heterocycles. The molecule has 0 atom stereocenters. The predicted octanol–water partition coefficient (Wildman–Crippen LogP) is 1.78. The molecule has 0 spiro atoms. The second-order valence-corrected chi connectivity index (χ2v) is 2.60. The molecule has 0 fully saturated rings. The van der Waals surface area contributed by atoms with Crippen LogP contribution in [-0.2, 0) is 13.0 Å². The van der Waals surface area contributed by atoms with E-state index in [-0.39, 0.29) is 6.61 Å². The highest BCUT2D eigenvalue weighted by Gasteiger charge is 1.97. The Labute approximate surface area is 72.6 Å². The van der Waals surface area contributed by atoms with Gasteiger partial charge < -0.3 is 5.11 Å². The van der Waals surface area contributed by atoms with E-state index in [1.54, 1.807) is 6.08 Å². The lowest BCUT2D eigenvalue weighted by Crippen LogP contribution is -1.95. The number of aliphatic hydroxyl groups excluding tert-OH is 1. The van der Waals surface area contributed by atoms with Crippen LogP contribution in [0.1, 0.15) is 23.9 Å². The number of hydrogen-bond donors (Lipinski definition) is 1. The molecular formula is C10H13NO. The zero-order valence-corrected chi connectivity index (χ0v) is 7.25. The van der Waals surface area contributed by atoms with Crippen LogP contribution in [0.3, 0.4) is 0 Å². The van der Waals surface area contributed by atoms with Crippen LogP contribution in [0.25, 0.3) is 6.08 Å². The Balaban J connectivity index is 3.09. The Morgan fingerprint density at radius 1 is 1.50 bits per heavy atom. The lowest BCUT2D eigenvalue weighted by molar-refractivity contribution is 0.276. The summed E-state index contributed by atoms with van der Waals surface area (Å²) in [7, 11) is 0. The van der Waals surface area contributed by atoms with Crippen LogP contribution in [0.2, 0.25) is 0 Å². The van der Waals surface area contributed by atoms with Crippen molar-refractivity contribution in [3.8, 4) is 0 Å². The minimum atomic E-state index is -0.00528. The van der Waals surface area contributed by atoms with Gasteiger partial charge in [-0.2, -0.15) is 0 Å². The maximum absolute atomic E-state index is 8.88. The molecule has 2 nitrogen and oxygen atoms in total. The van der Waals surface area contributed by atoms with Gasteiger partial charge in [0.2, 0.25) is 0 Å². The second-order valence-electron chi connectivity index (χ2n) is 2.60. The van der Waals surface area contributed by atoms with Crippen molar-refractivity contribution in [1.82, 2.24) is 4.98 Å². The first kappa shape index (κ1) is 8.94. The quantitative estimate of drug-likeness (QED) is 0.736. The Bertz CT molecular complexity index is 259. The highest BCUT2D eigenvalue weighted by atomic mass is 16.3. The van der Waals surface area contributed by atoms with E-state index in [1.165, 1.54) is 0 Å². The number of aryl methyl sites for hydroxylation is 1. The maximum Gasteiger partial charge on any atom is 0.0853 e. The summed E-state index contributed by atoms with van der Waals surface area (Å²) in [6, 6.07) is 3.82. The van der Waals surface area contributed by atoms with Crippen molar-refractivity contribution in [2.45, 2.75) is 20.0 Å². The summed E-state index contributed by atoms with van der Waals surface area (Å²) in [6.45, 7) is 5.71. The highest BCUT2D eigenvalue weighted by Crippen LogP contribution is 2.07. The molecule has 1 heterocycles. The number of nitrogens with zero attached hydrogens (tertiary/aromatic N) is 1. The topological polar surface area (TPSA) is 33.1 Å². The normalized spacial score (nSPS) is 9.83. The molecule has 0 amide bonds. The third kappa shape index (κ3) is 1.92. The van der Waals surface area contributed by atoms with Gasteiger partial charge in [0.05, 0.1) is 12.3 Å². The molecule has 0 aliphatic carbocycles. The average molecular weight is 163 g/mol. The SMILES string of the molecule is C=Cc1cc(CC)nc(CO)c1. The maximum atomic E-state index is 8.88. The molecule has 12 heavy (non-hydrogen) atoms. The summed E-state index contributed by atoms with van der Waals surface area (Å²) in [5.74, 6) is 0. The lowest BCUT2D eigenvalue weighted by Gasteiger charge is -2.02. The fourth-order valence-corrected chi connectivity index (χ4v) is 1.06. The number of aliphatic hydroxyl groups is 1. The first-order chi connectivity index (χ1) is 5.80. The molecular weight excluding hydrogens is 150 g/mol. The number of rotatable bonds is 3. The summed E-state index contributed by atoms with van der Waals surface area (Å²) in [6.07, 6.45) is 2.65. The van der Waals surface area contributed by atoms with Crippen molar-refractivity contribution < 1.29 is 5.11 Å². The monoisotopic (exact) mass is 163 g/mol. The third-order valence-electron chi connectivity index (χ3n) is 1.71. The standard InChI is InChI=1S/C10H13NO/c1-3-8-5-9(4-2)11-10(6-8)7-12/h3,5-6,12H,1,4,7H2,2H3. The molecule has 2 heteroatoms. The summed E-state index contributed by atoms with van der Waals surface area (Å²) < 4.78 is 0. The van der Waals surface area contributed by atoms with Gasteiger partial charge in [-0.3, -0.25) is 4.98 Å². The van der Waals surface area contributed by atoms with E-state index in [2.05, 4.69) is 11.6 Å². The van der Waals surface area contributed by atoms with Crippen molar-refractivity contribution in [2.24, 2.45) is 0 Å². The van der Waals surface area contributed by atoms with Crippen LogP contribution >= 0.6 is 0 Å². The smallest absolute Gasteiger partial charge is 0.0853 e. The average Bonchev–Trinajstić information content (AvgIpc) is 2.16. The van der Waals surface area contributed by atoms with Crippen molar-refractivity contribution in [1.29, 1.82) is 0 Å². The molecule has 0 aliphatic rings. The van der Waals surface area contributed by atoms with Gasteiger partial charge in [-0.25, -0.2) is 0 Å².